The summed E-state index contributed by atoms with van der Waals surface area (Å²) in [4.78, 5) is 0. The number of nitriles is 1. The van der Waals surface area contributed by atoms with E-state index >= 15 is 0 Å². The number of anilines is 1. The van der Waals surface area contributed by atoms with Crippen molar-refractivity contribution in [3.8, 4) is 11.8 Å². The van der Waals surface area contributed by atoms with Gasteiger partial charge in [-0.05, 0) is 19.1 Å². The molecule has 0 radical (unpaired) electrons. The van der Waals surface area contributed by atoms with Crippen LogP contribution in [-0.2, 0) is 6.18 Å². The molecule has 0 spiro atoms. The Kier molecular flexibility index (Phi) is 5.82. The third kappa shape index (κ3) is 3.36. The summed E-state index contributed by atoms with van der Waals surface area (Å²) in [7, 11) is 0. The number of hydrogen-bond acceptors (Lipinski definition) is 3. The first-order valence-corrected chi connectivity index (χ1v) is 6.24. The van der Waals surface area contributed by atoms with Gasteiger partial charge in [-0.3, -0.25) is 0 Å². The fourth-order valence-corrected chi connectivity index (χ4v) is 2.43. The zero-order valence-electron chi connectivity index (χ0n) is 12.5. The van der Waals surface area contributed by atoms with Crippen molar-refractivity contribution in [3.05, 3.63) is 39.0 Å². The zero-order valence-corrected chi connectivity index (χ0v) is 15.0. The summed E-state index contributed by atoms with van der Waals surface area (Å²) in [5.74, 6) is -0.0430. The summed E-state index contributed by atoms with van der Waals surface area (Å²) in [6.45, 7) is 1.54. The Balaban J connectivity index is 0.00000242. The van der Waals surface area contributed by atoms with Gasteiger partial charge in [-0.15, -0.1) is 0 Å². The summed E-state index contributed by atoms with van der Waals surface area (Å²) in [6.07, 6.45) is -4.57. The van der Waals surface area contributed by atoms with E-state index in [1.54, 1.807) is 0 Å². The standard InChI is InChI=1S/C12H7Cl2F3N4.Na.H/c1-5-7(4-18)11(19)21(20-5)10-8(13)2-6(3-9(10)14)12(15,16)17;;/h2-3H,19H2,1H3;;/q;+1;-1. The summed E-state index contributed by atoms with van der Waals surface area (Å²) in [6, 6.07) is 3.31. The number of benzene rings is 1. The number of halogens is 5. The molecular weight excluding hydrogens is 351 g/mol. The second-order valence-corrected chi connectivity index (χ2v) is 4.97. The Labute approximate surface area is 157 Å². The van der Waals surface area contributed by atoms with Crippen LogP contribution in [0.4, 0.5) is 19.0 Å². The van der Waals surface area contributed by atoms with Crippen molar-refractivity contribution < 1.29 is 44.2 Å². The van der Waals surface area contributed by atoms with Crippen LogP contribution in [0, 0.1) is 18.3 Å². The van der Waals surface area contributed by atoms with Crippen molar-refractivity contribution in [2.24, 2.45) is 0 Å². The molecule has 0 bridgehead atoms. The number of aryl methyl sites for hydroxylation is 1. The van der Waals surface area contributed by atoms with Gasteiger partial charge in [0.05, 0.1) is 21.3 Å². The largest absolute Gasteiger partial charge is 1.00 e. The van der Waals surface area contributed by atoms with Gasteiger partial charge in [-0.2, -0.15) is 23.5 Å². The Hall–Kier alpha value is -0.910. The van der Waals surface area contributed by atoms with Gasteiger partial charge in [-0.1, -0.05) is 23.2 Å². The minimum absolute atomic E-state index is 0. The minimum atomic E-state index is -4.57. The van der Waals surface area contributed by atoms with E-state index < -0.39 is 11.7 Å². The fourth-order valence-electron chi connectivity index (χ4n) is 1.79. The molecule has 2 aromatic rings. The topological polar surface area (TPSA) is 67.6 Å². The molecule has 2 rings (SSSR count). The van der Waals surface area contributed by atoms with Crippen molar-refractivity contribution >= 4 is 29.0 Å². The number of nitrogen functional groups attached to an aromatic ring is 1. The number of aromatic nitrogens is 2. The van der Waals surface area contributed by atoms with Crippen LogP contribution in [0.25, 0.3) is 5.69 Å². The second-order valence-electron chi connectivity index (χ2n) is 4.16. The number of rotatable bonds is 1. The summed E-state index contributed by atoms with van der Waals surface area (Å²) >= 11 is 11.7. The molecule has 22 heavy (non-hydrogen) atoms. The van der Waals surface area contributed by atoms with Crippen molar-refractivity contribution in [2.75, 3.05) is 5.73 Å². The van der Waals surface area contributed by atoms with Crippen molar-refractivity contribution in [1.29, 1.82) is 5.26 Å². The summed E-state index contributed by atoms with van der Waals surface area (Å²) in [5.41, 5.74) is 5.19. The van der Waals surface area contributed by atoms with Gasteiger partial charge in [0.2, 0.25) is 0 Å². The first kappa shape index (κ1) is 19.1. The van der Waals surface area contributed by atoms with Gasteiger partial charge in [0.15, 0.2) is 0 Å². The molecule has 1 heterocycles. The van der Waals surface area contributed by atoms with E-state index in [1.165, 1.54) is 6.92 Å². The molecular formula is C12H8Cl2F3N4Na. The molecule has 0 aliphatic heterocycles. The number of nitrogens with two attached hydrogens (primary N) is 1. The van der Waals surface area contributed by atoms with Gasteiger partial charge in [-0.25, -0.2) is 4.68 Å². The molecule has 0 atom stereocenters. The SMILES string of the molecule is Cc1nn(-c2c(Cl)cc(C(F)(F)F)cc2Cl)c(N)c1C#N.[H-].[Na+]. The number of nitrogens with zero attached hydrogens (tertiary/aromatic N) is 3. The second kappa shape index (κ2) is 6.69. The molecule has 0 saturated heterocycles. The monoisotopic (exact) mass is 358 g/mol. The average molecular weight is 359 g/mol. The van der Waals surface area contributed by atoms with Crippen LogP contribution in [0.5, 0.6) is 0 Å². The normalized spacial score (nSPS) is 11.0. The van der Waals surface area contributed by atoms with E-state index in [1.807, 2.05) is 6.07 Å². The summed E-state index contributed by atoms with van der Waals surface area (Å²) in [5, 5.41) is 12.4. The van der Waals surface area contributed by atoms with Crippen molar-refractivity contribution in [2.45, 2.75) is 13.1 Å². The van der Waals surface area contributed by atoms with Gasteiger partial charge in [0, 0.05) is 0 Å². The third-order valence-electron chi connectivity index (χ3n) is 2.76. The maximum absolute atomic E-state index is 12.7. The smallest absolute Gasteiger partial charge is 1.00 e. The first-order valence-electron chi connectivity index (χ1n) is 5.48. The van der Waals surface area contributed by atoms with Crippen LogP contribution in [0.1, 0.15) is 18.2 Å². The van der Waals surface area contributed by atoms with Crippen LogP contribution >= 0.6 is 23.2 Å². The molecule has 0 fully saturated rings. The third-order valence-corrected chi connectivity index (χ3v) is 3.34. The number of hydrogen-bond donors (Lipinski definition) is 1. The van der Waals surface area contributed by atoms with E-state index in [0.29, 0.717) is 5.69 Å². The Morgan fingerprint density at radius 1 is 1.32 bits per heavy atom. The molecule has 1 aromatic heterocycles. The van der Waals surface area contributed by atoms with Gasteiger partial charge >= 0.3 is 35.7 Å². The van der Waals surface area contributed by atoms with E-state index in [-0.39, 0.29) is 58.1 Å². The molecule has 0 amide bonds. The predicted molar refractivity (Wildman–Crippen MR) is 73.6 cm³/mol. The van der Waals surface area contributed by atoms with Crippen LogP contribution in [0.3, 0.4) is 0 Å². The van der Waals surface area contributed by atoms with E-state index in [9.17, 15) is 13.2 Å². The van der Waals surface area contributed by atoms with Crippen molar-refractivity contribution in [1.82, 2.24) is 9.78 Å². The van der Waals surface area contributed by atoms with Crippen LogP contribution in [0.2, 0.25) is 10.0 Å². The molecule has 10 heteroatoms. The molecule has 112 valence electrons. The number of alkyl halides is 3. The van der Waals surface area contributed by atoms with E-state index in [2.05, 4.69) is 5.10 Å². The molecule has 0 unspecified atom stereocenters. The van der Waals surface area contributed by atoms with Crippen molar-refractivity contribution in [3.63, 3.8) is 0 Å². The molecule has 1 aromatic carbocycles. The average Bonchev–Trinajstić information content (AvgIpc) is 2.62. The Morgan fingerprint density at radius 2 is 1.82 bits per heavy atom. The van der Waals surface area contributed by atoms with Crippen LogP contribution in [0.15, 0.2) is 12.1 Å². The molecule has 4 nitrogen and oxygen atoms in total. The van der Waals surface area contributed by atoms with E-state index in [0.717, 1.165) is 16.8 Å². The maximum atomic E-state index is 12.7. The minimum Gasteiger partial charge on any atom is -1.00 e. The van der Waals surface area contributed by atoms with Crippen LogP contribution < -0.4 is 35.3 Å². The maximum Gasteiger partial charge on any atom is 1.00 e. The van der Waals surface area contributed by atoms with Gasteiger partial charge < -0.3 is 7.16 Å². The molecule has 0 aliphatic carbocycles. The molecule has 0 saturated carbocycles. The first-order chi connectivity index (χ1) is 9.66. The zero-order chi connectivity index (χ0) is 15.9. The van der Waals surface area contributed by atoms with E-state index in [4.69, 9.17) is 34.2 Å². The van der Waals surface area contributed by atoms with Gasteiger partial charge in [0.25, 0.3) is 0 Å². The summed E-state index contributed by atoms with van der Waals surface area (Å²) < 4.78 is 39.1. The quantitative estimate of drug-likeness (QED) is 0.775. The van der Waals surface area contributed by atoms with Gasteiger partial charge in [0.1, 0.15) is 23.1 Å². The fraction of sp³-hybridized carbons (Fsp3) is 0.167. The Bertz CT molecular complexity index is 748. The van der Waals surface area contributed by atoms with Crippen LogP contribution in [-0.4, -0.2) is 9.78 Å². The predicted octanol–water partition coefficient (Wildman–Crippen LogP) is 1.08. The Morgan fingerprint density at radius 3 is 2.18 bits per heavy atom. The molecule has 2 N–H and O–H groups in total. The molecule has 0 aliphatic rings.